The molecule has 0 radical (unpaired) electrons. The van der Waals surface area contributed by atoms with Gasteiger partial charge in [0.05, 0.1) is 12.9 Å². The maximum atomic E-state index is 13.1. The second-order valence-electron chi connectivity index (χ2n) is 2.86. The van der Waals surface area contributed by atoms with Crippen molar-refractivity contribution in [2.75, 3.05) is 7.11 Å². The molecule has 0 aliphatic rings. The Labute approximate surface area is 85.7 Å². The zero-order valence-corrected chi connectivity index (χ0v) is 8.64. The van der Waals surface area contributed by atoms with Crippen molar-refractivity contribution in [2.24, 2.45) is 5.14 Å². The van der Waals surface area contributed by atoms with E-state index in [0.29, 0.717) is 0 Å². The normalized spacial score (nSPS) is 11.5. The molecule has 7 heteroatoms. The molecule has 0 spiro atoms. The maximum Gasteiger partial charge on any atom is 0.213 e. The van der Waals surface area contributed by atoms with Crippen LogP contribution in [0.2, 0.25) is 0 Å². The molecule has 0 fully saturated rings. The van der Waals surface area contributed by atoms with E-state index in [9.17, 15) is 17.2 Å². The summed E-state index contributed by atoms with van der Waals surface area (Å²) in [6.07, 6.45) is 0. The Hall–Kier alpha value is -1.21. The Morgan fingerprint density at radius 2 is 2.00 bits per heavy atom. The molecule has 1 rings (SSSR count). The molecule has 1 aromatic carbocycles. The number of primary sulfonamides is 1. The highest BCUT2D eigenvalue weighted by Gasteiger charge is 2.17. The lowest BCUT2D eigenvalue weighted by atomic mass is 10.2. The predicted octanol–water partition coefficient (Wildman–Crippen LogP) is 0.762. The molecule has 4 nitrogen and oxygen atoms in total. The van der Waals surface area contributed by atoms with Crippen LogP contribution < -0.4 is 9.88 Å². The average Bonchev–Trinajstić information content (AvgIpc) is 2.10. The summed E-state index contributed by atoms with van der Waals surface area (Å²) in [4.78, 5) is 0. The second kappa shape index (κ2) is 4.11. The van der Waals surface area contributed by atoms with E-state index in [1.807, 2.05) is 0 Å². The summed E-state index contributed by atoms with van der Waals surface area (Å²) in [6, 6.07) is 1.93. The number of methoxy groups -OCH3 is 1. The summed E-state index contributed by atoms with van der Waals surface area (Å²) in [5.74, 6) is -3.37. The van der Waals surface area contributed by atoms with Crippen LogP contribution >= 0.6 is 0 Å². The van der Waals surface area contributed by atoms with Gasteiger partial charge in [0.15, 0.2) is 11.6 Å². The van der Waals surface area contributed by atoms with Crippen molar-refractivity contribution in [3.63, 3.8) is 0 Å². The van der Waals surface area contributed by atoms with Crippen LogP contribution in [0.25, 0.3) is 0 Å². The lowest BCUT2D eigenvalue weighted by molar-refractivity contribution is 0.368. The highest BCUT2D eigenvalue weighted by atomic mass is 32.2. The van der Waals surface area contributed by atoms with Crippen LogP contribution in [0.3, 0.4) is 0 Å². The first-order valence-electron chi connectivity index (χ1n) is 3.86. The van der Waals surface area contributed by atoms with Crippen molar-refractivity contribution in [1.29, 1.82) is 0 Å². The van der Waals surface area contributed by atoms with E-state index in [1.165, 1.54) is 0 Å². The van der Waals surface area contributed by atoms with E-state index < -0.39 is 33.2 Å². The third-order valence-electron chi connectivity index (χ3n) is 1.69. The third kappa shape index (κ3) is 2.87. The topological polar surface area (TPSA) is 69.4 Å². The molecule has 0 aromatic heterocycles. The van der Waals surface area contributed by atoms with E-state index in [2.05, 4.69) is 4.74 Å². The second-order valence-corrected chi connectivity index (χ2v) is 4.48. The van der Waals surface area contributed by atoms with Gasteiger partial charge in [0, 0.05) is 5.56 Å². The zero-order valence-electron chi connectivity index (χ0n) is 7.83. The first-order chi connectivity index (χ1) is 6.85. The van der Waals surface area contributed by atoms with Gasteiger partial charge in [-0.2, -0.15) is 4.39 Å². The number of rotatable bonds is 3. The van der Waals surface area contributed by atoms with Gasteiger partial charge in [-0.3, -0.25) is 0 Å². The summed E-state index contributed by atoms with van der Waals surface area (Å²) < 4.78 is 52.0. The summed E-state index contributed by atoms with van der Waals surface area (Å²) >= 11 is 0. The van der Waals surface area contributed by atoms with E-state index in [1.54, 1.807) is 0 Å². The summed E-state index contributed by atoms with van der Waals surface area (Å²) in [7, 11) is -2.69. The molecule has 84 valence electrons. The molecular weight excluding hydrogens is 228 g/mol. The minimum absolute atomic E-state index is 0.0149. The molecule has 2 N–H and O–H groups in total. The van der Waals surface area contributed by atoms with E-state index in [0.717, 1.165) is 19.2 Å². The fourth-order valence-corrected chi connectivity index (χ4v) is 1.78. The van der Waals surface area contributed by atoms with Crippen molar-refractivity contribution < 1.29 is 21.9 Å². The first kappa shape index (κ1) is 11.9. The molecule has 1 aromatic rings. The van der Waals surface area contributed by atoms with Crippen molar-refractivity contribution >= 4 is 10.0 Å². The molecule has 0 aliphatic heterocycles. The van der Waals surface area contributed by atoms with Gasteiger partial charge in [0.2, 0.25) is 15.8 Å². The smallest absolute Gasteiger partial charge is 0.213 e. The molecule has 0 heterocycles. The standard InChI is InChI=1S/C8H9F2NO3S/c1-14-8-5(4-15(11,12)13)2-3-6(9)7(8)10/h2-3H,4H2,1H3,(H2,11,12,13). The van der Waals surface area contributed by atoms with Crippen molar-refractivity contribution in [3.05, 3.63) is 29.3 Å². The van der Waals surface area contributed by atoms with Crippen LogP contribution in [0, 0.1) is 11.6 Å². The minimum Gasteiger partial charge on any atom is -0.493 e. The predicted molar refractivity (Wildman–Crippen MR) is 49.7 cm³/mol. The van der Waals surface area contributed by atoms with Gasteiger partial charge in [0.25, 0.3) is 0 Å². The third-order valence-corrected chi connectivity index (χ3v) is 2.41. The molecule has 0 aliphatic carbocycles. The van der Waals surface area contributed by atoms with Crippen molar-refractivity contribution in [2.45, 2.75) is 5.75 Å². The fraction of sp³-hybridized carbons (Fsp3) is 0.250. The van der Waals surface area contributed by atoms with E-state index in [-0.39, 0.29) is 5.56 Å². The van der Waals surface area contributed by atoms with Crippen LogP contribution in [0.4, 0.5) is 8.78 Å². The highest BCUT2D eigenvalue weighted by molar-refractivity contribution is 7.88. The van der Waals surface area contributed by atoms with Crippen molar-refractivity contribution in [1.82, 2.24) is 0 Å². The van der Waals surface area contributed by atoms with Gasteiger partial charge in [-0.15, -0.1) is 0 Å². The number of nitrogens with two attached hydrogens (primary N) is 1. The summed E-state index contributed by atoms with van der Waals surface area (Å²) in [5, 5.41) is 4.78. The molecular formula is C8H9F2NO3S. The van der Waals surface area contributed by atoms with Crippen LogP contribution in [0.5, 0.6) is 5.75 Å². The minimum atomic E-state index is -3.81. The Morgan fingerprint density at radius 1 is 1.40 bits per heavy atom. The summed E-state index contributed by atoms with van der Waals surface area (Å²) in [6.45, 7) is 0. The van der Waals surface area contributed by atoms with Gasteiger partial charge in [-0.05, 0) is 6.07 Å². The van der Waals surface area contributed by atoms with Crippen molar-refractivity contribution in [3.8, 4) is 5.75 Å². The number of ether oxygens (including phenoxy) is 1. The Morgan fingerprint density at radius 3 is 2.47 bits per heavy atom. The van der Waals surface area contributed by atoms with Crippen LogP contribution in [-0.4, -0.2) is 15.5 Å². The fourth-order valence-electron chi connectivity index (χ4n) is 1.12. The first-order valence-corrected chi connectivity index (χ1v) is 5.58. The van der Waals surface area contributed by atoms with E-state index >= 15 is 0 Å². The monoisotopic (exact) mass is 237 g/mol. The molecule has 0 saturated heterocycles. The van der Waals surface area contributed by atoms with Gasteiger partial charge >= 0.3 is 0 Å². The quantitative estimate of drug-likeness (QED) is 0.843. The average molecular weight is 237 g/mol. The number of halogens is 2. The SMILES string of the molecule is COc1c(CS(N)(=O)=O)ccc(F)c1F. The lowest BCUT2D eigenvalue weighted by Crippen LogP contribution is -2.15. The Balaban J connectivity index is 3.25. The lowest BCUT2D eigenvalue weighted by Gasteiger charge is -2.08. The number of hydrogen-bond acceptors (Lipinski definition) is 3. The molecule has 0 saturated carbocycles. The number of benzene rings is 1. The maximum absolute atomic E-state index is 13.1. The molecule has 0 bridgehead atoms. The molecule has 15 heavy (non-hydrogen) atoms. The van der Waals surface area contributed by atoms with E-state index in [4.69, 9.17) is 5.14 Å². The number of sulfonamides is 1. The van der Waals surface area contributed by atoms with Crippen LogP contribution in [-0.2, 0) is 15.8 Å². The summed E-state index contributed by atoms with van der Waals surface area (Å²) in [5.41, 5.74) is -0.0149. The molecule has 0 amide bonds. The van der Waals surface area contributed by atoms with Crippen LogP contribution in [0.15, 0.2) is 12.1 Å². The Kier molecular flexibility index (Phi) is 3.25. The molecule has 0 atom stereocenters. The van der Waals surface area contributed by atoms with Gasteiger partial charge in [-0.1, -0.05) is 6.07 Å². The largest absolute Gasteiger partial charge is 0.493 e. The highest BCUT2D eigenvalue weighted by Crippen LogP contribution is 2.25. The molecule has 0 unspecified atom stereocenters. The van der Waals surface area contributed by atoms with Crippen LogP contribution in [0.1, 0.15) is 5.56 Å². The number of hydrogen-bond donors (Lipinski definition) is 1. The Bertz CT molecular complexity index is 473. The van der Waals surface area contributed by atoms with Gasteiger partial charge in [0.1, 0.15) is 0 Å². The zero-order chi connectivity index (χ0) is 11.6. The van der Waals surface area contributed by atoms with Gasteiger partial charge < -0.3 is 4.74 Å². The van der Waals surface area contributed by atoms with Gasteiger partial charge in [-0.25, -0.2) is 17.9 Å².